The van der Waals surface area contributed by atoms with Crippen molar-refractivity contribution in [3.63, 3.8) is 0 Å². The average molecular weight is 276 g/mol. The van der Waals surface area contributed by atoms with Crippen LogP contribution in [-0.4, -0.2) is 31.1 Å². The SMILES string of the molecule is COCc1ccc(C(CN)N2CC(C)CCC2C)cc1. The minimum atomic E-state index is 0.337. The monoisotopic (exact) mass is 276 g/mol. The standard InChI is InChI=1S/C17H28N2O/c1-13-4-5-14(2)19(11-13)17(10-18)16-8-6-15(7-9-16)12-20-3/h6-9,13-14,17H,4-5,10-12,18H2,1-3H3. The van der Waals surface area contributed by atoms with Gasteiger partial charge >= 0.3 is 0 Å². The molecule has 0 saturated carbocycles. The van der Waals surface area contributed by atoms with Crippen LogP contribution in [0.3, 0.4) is 0 Å². The van der Waals surface area contributed by atoms with Crippen molar-refractivity contribution in [2.24, 2.45) is 11.7 Å². The maximum absolute atomic E-state index is 6.07. The van der Waals surface area contributed by atoms with Gasteiger partial charge in [0.2, 0.25) is 0 Å². The number of rotatable bonds is 5. The number of hydrogen-bond donors (Lipinski definition) is 1. The Balaban J connectivity index is 2.14. The molecule has 112 valence electrons. The summed E-state index contributed by atoms with van der Waals surface area (Å²) in [6.07, 6.45) is 2.61. The molecule has 0 radical (unpaired) electrons. The highest BCUT2D eigenvalue weighted by atomic mass is 16.5. The van der Waals surface area contributed by atoms with Crippen molar-refractivity contribution in [3.05, 3.63) is 35.4 Å². The van der Waals surface area contributed by atoms with E-state index < -0.39 is 0 Å². The van der Waals surface area contributed by atoms with Gasteiger partial charge in [-0.3, -0.25) is 4.90 Å². The lowest BCUT2D eigenvalue weighted by molar-refractivity contribution is 0.0798. The number of piperidine rings is 1. The van der Waals surface area contributed by atoms with Crippen molar-refractivity contribution in [3.8, 4) is 0 Å². The molecule has 1 aromatic rings. The predicted octanol–water partition coefficient (Wildman–Crippen LogP) is 2.95. The normalized spacial score (nSPS) is 25.6. The molecule has 1 aromatic carbocycles. The van der Waals surface area contributed by atoms with Crippen molar-refractivity contribution >= 4 is 0 Å². The zero-order chi connectivity index (χ0) is 14.5. The first-order valence-electron chi connectivity index (χ1n) is 7.69. The predicted molar refractivity (Wildman–Crippen MR) is 83.5 cm³/mol. The lowest BCUT2D eigenvalue weighted by atomic mass is 9.91. The Morgan fingerprint density at radius 3 is 2.55 bits per heavy atom. The minimum absolute atomic E-state index is 0.337. The molecule has 0 spiro atoms. The molecule has 0 amide bonds. The Kier molecular flexibility index (Phi) is 5.58. The molecule has 1 heterocycles. The highest BCUT2D eigenvalue weighted by molar-refractivity contribution is 5.25. The third kappa shape index (κ3) is 3.60. The van der Waals surface area contributed by atoms with Gasteiger partial charge in [0.1, 0.15) is 0 Å². The average Bonchev–Trinajstić information content (AvgIpc) is 2.45. The first-order valence-corrected chi connectivity index (χ1v) is 7.69. The lowest BCUT2D eigenvalue weighted by Gasteiger charge is -2.42. The van der Waals surface area contributed by atoms with E-state index in [1.807, 2.05) is 0 Å². The quantitative estimate of drug-likeness (QED) is 0.898. The molecule has 3 atom stereocenters. The summed E-state index contributed by atoms with van der Waals surface area (Å²) in [5, 5.41) is 0. The lowest BCUT2D eigenvalue weighted by Crippen LogP contribution is -2.45. The van der Waals surface area contributed by atoms with Gasteiger partial charge in [-0.05, 0) is 36.8 Å². The highest BCUT2D eigenvalue weighted by Crippen LogP contribution is 2.30. The fourth-order valence-electron chi connectivity index (χ4n) is 3.22. The van der Waals surface area contributed by atoms with E-state index in [1.54, 1.807) is 7.11 Å². The third-order valence-corrected chi connectivity index (χ3v) is 4.46. The second-order valence-corrected chi connectivity index (χ2v) is 6.15. The van der Waals surface area contributed by atoms with Gasteiger partial charge in [-0.2, -0.15) is 0 Å². The molecule has 0 aromatic heterocycles. The Bertz CT molecular complexity index is 404. The van der Waals surface area contributed by atoms with E-state index in [9.17, 15) is 0 Å². The van der Waals surface area contributed by atoms with E-state index in [2.05, 4.69) is 43.0 Å². The molecule has 0 bridgehead atoms. The summed E-state index contributed by atoms with van der Waals surface area (Å²) in [6, 6.07) is 9.68. The van der Waals surface area contributed by atoms with Crippen LogP contribution in [-0.2, 0) is 11.3 Å². The number of nitrogens with zero attached hydrogens (tertiary/aromatic N) is 1. The summed E-state index contributed by atoms with van der Waals surface area (Å²) in [6.45, 7) is 7.18. The number of hydrogen-bond acceptors (Lipinski definition) is 3. The van der Waals surface area contributed by atoms with Gasteiger partial charge in [0.25, 0.3) is 0 Å². The molecule has 3 unspecified atom stereocenters. The fourth-order valence-corrected chi connectivity index (χ4v) is 3.22. The second-order valence-electron chi connectivity index (χ2n) is 6.15. The molecule has 2 N–H and O–H groups in total. The maximum Gasteiger partial charge on any atom is 0.0713 e. The molecule has 1 aliphatic heterocycles. The third-order valence-electron chi connectivity index (χ3n) is 4.46. The van der Waals surface area contributed by atoms with E-state index in [1.165, 1.54) is 24.0 Å². The number of likely N-dealkylation sites (tertiary alicyclic amines) is 1. The Hall–Kier alpha value is -0.900. The van der Waals surface area contributed by atoms with Crippen LogP contribution in [0, 0.1) is 5.92 Å². The summed E-state index contributed by atoms with van der Waals surface area (Å²) in [5.41, 5.74) is 8.62. The molecular formula is C17H28N2O. The minimum Gasteiger partial charge on any atom is -0.380 e. The van der Waals surface area contributed by atoms with Crippen LogP contribution in [0.1, 0.15) is 43.9 Å². The molecule has 3 nitrogen and oxygen atoms in total. The molecule has 20 heavy (non-hydrogen) atoms. The summed E-state index contributed by atoms with van der Waals surface area (Å²) in [5.74, 6) is 0.771. The Morgan fingerprint density at radius 2 is 1.95 bits per heavy atom. The smallest absolute Gasteiger partial charge is 0.0713 e. The van der Waals surface area contributed by atoms with Gasteiger partial charge in [0.05, 0.1) is 6.61 Å². The van der Waals surface area contributed by atoms with Crippen LogP contribution < -0.4 is 5.73 Å². The number of methoxy groups -OCH3 is 1. The summed E-state index contributed by atoms with van der Waals surface area (Å²) >= 11 is 0. The van der Waals surface area contributed by atoms with Crippen molar-refractivity contribution < 1.29 is 4.74 Å². The van der Waals surface area contributed by atoms with E-state index >= 15 is 0 Å². The number of nitrogens with two attached hydrogens (primary N) is 1. The highest BCUT2D eigenvalue weighted by Gasteiger charge is 2.29. The van der Waals surface area contributed by atoms with Gasteiger partial charge in [0, 0.05) is 32.3 Å². The first-order chi connectivity index (χ1) is 9.65. The van der Waals surface area contributed by atoms with Gasteiger partial charge in [-0.1, -0.05) is 31.2 Å². The van der Waals surface area contributed by atoms with Crippen LogP contribution in [0.4, 0.5) is 0 Å². The van der Waals surface area contributed by atoms with Crippen LogP contribution in [0.2, 0.25) is 0 Å². The van der Waals surface area contributed by atoms with E-state index in [0.717, 1.165) is 12.5 Å². The molecule has 0 aliphatic carbocycles. The summed E-state index contributed by atoms with van der Waals surface area (Å²) in [4.78, 5) is 2.58. The molecule has 3 heteroatoms. The van der Waals surface area contributed by atoms with Gasteiger partial charge < -0.3 is 10.5 Å². The zero-order valence-corrected chi connectivity index (χ0v) is 13.0. The van der Waals surface area contributed by atoms with E-state index in [-0.39, 0.29) is 0 Å². The summed E-state index contributed by atoms with van der Waals surface area (Å²) < 4.78 is 5.17. The maximum atomic E-state index is 6.07. The zero-order valence-electron chi connectivity index (χ0n) is 13.0. The molecular weight excluding hydrogens is 248 g/mol. The largest absolute Gasteiger partial charge is 0.380 e. The van der Waals surface area contributed by atoms with Gasteiger partial charge in [-0.25, -0.2) is 0 Å². The fraction of sp³-hybridized carbons (Fsp3) is 0.647. The van der Waals surface area contributed by atoms with Crippen LogP contribution in [0.15, 0.2) is 24.3 Å². The van der Waals surface area contributed by atoms with E-state index in [0.29, 0.717) is 25.2 Å². The molecule has 1 saturated heterocycles. The Labute approximate surface area is 123 Å². The van der Waals surface area contributed by atoms with Crippen molar-refractivity contribution in [2.45, 2.75) is 45.4 Å². The Morgan fingerprint density at radius 1 is 1.25 bits per heavy atom. The first kappa shape index (κ1) is 15.5. The summed E-state index contributed by atoms with van der Waals surface area (Å²) in [7, 11) is 1.73. The van der Waals surface area contributed by atoms with Crippen LogP contribution in [0.5, 0.6) is 0 Å². The van der Waals surface area contributed by atoms with Crippen LogP contribution >= 0.6 is 0 Å². The van der Waals surface area contributed by atoms with Crippen molar-refractivity contribution in [1.29, 1.82) is 0 Å². The molecule has 1 aliphatic rings. The van der Waals surface area contributed by atoms with Gasteiger partial charge in [0.15, 0.2) is 0 Å². The number of benzene rings is 1. The second kappa shape index (κ2) is 7.21. The van der Waals surface area contributed by atoms with E-state index in [4.69, 9.17) is 10.5 Å². The number of ether oxygens (including phenoxy) is 1. The van der Waals surface area contributed by atoms with Crippen molar-refractivity contribution in [1.82, 2.24) is 4.90 Å². The molecule has 2 rings (SSSR count). The molecule has 1 fully saturated rings. The van der Waals surface area contributed by atoms with Gasteiger partial charge in [-0.15, -0.1) is 0 Å². The van der Waals surface area contributed by atoms with Crippen molar-refractivity contribution in [2.75, 3.05) is 20.2 Å². The topological polar surface area (TPSA) is 38.5 Å². The van der Waals surface area contributed by atoms with Crippen LogP contribution in [0.25, 0.3) is 0 Å².